The Labute approximate surface area is 193 Å². The van der Waals surface area contributed by atoms with Gasteiger partial charge in [-0.25, -0.2) is 14.2 Å². The van der Waals surface area contributed by atoms with Crippen molar-refractivity contribution in [1.29, 1.82) is 0 Å². The van der Waals surface area contributed by atoms with Gasteiger partial charge in [0.1, 0.15) is 0 Å². The van der Waals surface area contributed by atoms with Crippen molar-refractivity contribution in [2.24, 2.45) is 0 Å². The number of nitrogens with zero attached hydrogens (tertiary/aromatic N) is 5. The average molecular weight is 454 g/mol. The lowest BCUT2D eigenvalue weighted by molar-refractivity contribution is 0.102. The molecule has 3 aromatic heterocycles. The van der Waals surface area contributed by atoms with Gasteiger partial charge in [0.25, 0.3) is 11.5 Å². The Bertz CT molecular complexity index is 1660. The third kappa shape index (κ3) is 3.77. The van der Waals surface area contributed by atoms with E-state index in [4.69, 9.17) is 0 Å². The molecule has 0 aliphatic heterocycles. The maximum absolute atomic E-state index is 13.2. The molecule has 0 spiro atoms. The van der Waals surface area contributed by atoms with E-state index in [-0.39, 0.29) is 29.5 Å². The number of nitrogens with one attached hydrogen (secondary N) is 1. The van der Waals surface area contributed by atoms with Crippen molar-refractivity contribution in [2.75, 3.05) is 5.32 Å². The summed E-state index contributed by atoms with van der Waals surface area (Å²) in [5.74, 6) is -0.423. The molecule has 0 atom stereocenters. The standard InChI is InChI=1S/C25H22N6O3/c1-16(2)31-24(33)20-11-4-3-10-19(20)22(28-31)23(32)26-18-9-7-8-17(14-18)15-30-25(34)29-13-6-5-12-21(29)27-30/h3-14,16H,15H2,1-2H3,(H,26,32). The smallest absolute Gasteiger partial charge is 0.321 e. The third-order valence-electron chi connectivity index (χ3n) is 5.54. The summed E-state index contributed by atoms with van der Waals surface area (Å²) in [4.78, 5) is 38.5. The summed E-state index contributed by atoms with van der Waals surface area (Å²) in [6.07, 6.45) is 1.67. The number of pyridine rings is 1. The van der Waals surface area contributed by atoms with Crippen molar-refractivity contribution in [3.8, 4) is 0 Å². The van der Waals surface area contributed by atoms with Gasteiger partial charge >= 0.3 is 5.69 Å². The second-order valence-corrected chi connectivity index (χ2v) is 8.26. The first-order valence-corrected chi connectivity index (χ1v) is 10.9. The van der Waals surface area contributed by atoms with Crippen LogP contribution in [0.25, 0.3) is 16.4 Å². The van der Waals surface area contributed by atoms with Gasteiger partial charge in [0.05, 0.1) is 18.0 Å². The molecule has 170 valence electrons. The number of aromatic nitrogens is 5. The predicted octanol–water partition coefficient (Wildman–Crippen LogP) is 3.09. The molecule has 0 saturated carbocycles. The van der Waals surface area contributed by atoms with Gasteiger partial charge in [-0.3, -0.25) is 14.0 Å². The molecule has 0 saturated heterocycles. The molecule has 34 heavy (non-hydrogen) atoms. The van der Waals surface area contributed by atoms with Crippen LogP contribution in [0.3, 0.4) is 0 Å². The molecule has 0 fully saturated rings. The van der Waals surface area contributed by atoms with E-state index in [1.165, 1.54) is 13.8 Å². The molecule has 9 nitrogen and oxygen atoms in total. The summed E-state index contributed by atoms with van der Waals surface area (Å²) >= 11 is 0. The van der Waals surface area contributed by atoms with Crippen LogP contribution >= 0.6 is 0 Å². The van der Waals surface area contributed by atoms with E-state index >= 15 is 0 Å². The summed E-state index contributed by atoms with van der Waals surface area (Å²) < 4.78 is 4.18. The molecule has 9 heteroatoms. The minimum atomic E-state index is -0.423. The molecule has 0 unspecified atom stereocenters. The summed E-state index contributed by atoms with van der Waals surface area (Å²) in [6, 6.07) is 19.3. The molecule has 1 amide bonds. The van der Waals surface area contributed by atoms with E-state index in [0.717, 1.165) is 5.56 Å². The van der Waals surface area contributed by atoms with Crippen molar-refractivity contribution in [3.05, 3.63) is 105 Å². The number of carbonyl (C=O) groups excluding carboxylic acids is 1. The number of hydrogen-bond acceptors (Lipinski definition) is 5. The van der Waals surface area contributed by atoms with E-state index in [1.807, 2.05) is 26.0 Å². The summed E-state index contributed by atoms with van der Waals surface area (Å²) in [6.45, 7) is 3.94. The Morgan fingerprint density at radius 1 is 0.941 bits per heavy atom. The number of amides is 1. The van der Waals surface area contributed by atoms with E-state index in [2.05, 4.69) is 15.5 Å². The van der Waals surface area contributed by atoms with E-state index in [0.29, 0.717) is 22.1 Å². The monoisotopic (exact) mass is 454 g/mol. The average Bonchev–Trinajstić information content (AvgIpc) is 3.14. The van der Waals surface area contributed by atoms with Crippen molar-refractivity contribution in [2.45, 2.75) is 26.4 Å². The van der Waals surface area contributed by atoms with Crippen molar-refractivity contribution >= 4 is 28.0 Å². The van der Waals surface area contributed by atoms with Gasteiger partial charge in [0.2, 0.25) is 0 Å². The highest BCUT2D eigenvalue weighted by molar-refractivity contribution is 6.11. The van der Waals surface area contributed by atoms with Crippen molar-refractivity contribution in [3.63, 3.8) is 0 Å². The van der Waals surface area contributed by atoms with Gasteiger partial charge in [0.15, 0.2) is 11.3 Å². The molecule has 1 N–H and O–H groups in total. The highest BCUT2D eigenvalue weighted by Gasteiger charge is 2.18. The zero-order chi connectivity index (χ0) is 23.8. The van der Waals surface area contributed by atoms with E-state index < -0.39 is 5.91 Å². The lowest BCUT2D eigenvalue weighted by Crippen LogP contribution is -2.29. The minimum absolute atomic E-state index is 0.172. The van der Waals surface area contributed by atoms with Crippen LogP contribution < -0.4 is 16.6 Å². The van der Waals surface area contributed by atoms with Crippen LogP contribution in [-0.2, 0) is 6.54 Å². The van der Waals surface area contributed by atoms with Gasteiger partial charge in [0, 0.05) is 17.3 Å². The van der Waals surface area contributed by atoms with Gasteiger partial charge < -0.3 is 5.32 Å². The fourth-order valence-corrected chi connectivity index (χ4v) is 3.91. The maximum atomic E-state index is 13.2. The fourth-order valence-electron chi connectivity index (χ4n) is 3.91. The topological polar surface area (TPSA) is 103 Å². The van der Waals surface area contributed by atoms with Crippen LogP contribution in [0, 0.1) is 0 Å². The second-order valence-electron chi connectivity index (χ2n) is 8.26. The molecular weight excluding hydrogens is 432 g/mol. The summed E-state index contributed by atoms with van der Waals surface area (Å²) in [5, 5.41) is 12.5. The molecule has 0 aliphatic carbocycles. The Morgan fingerprint density at radius 2 is 1.71 bits per heavy atom. The minimum Gasteiger partial charge on any atom is -0.321 e. The largest absolute Gasteiger partial charge is 0.350 e. The fraction of sp³-hybridized carbons (Fsp3) is 0.160. The lowest BCUT2D eigenvalue weighted by atomic mass is 10.1. The SMILES string of the molecule is CC(C)n1nc(C(=O)Nc2cccc(Cn3nc4ccccn4c3=O)c2)c2ccccc2c1=O. The molecule has 5 aromatic rings. The van der Waals surface area contributed by atoms with Crippen LogP contribution in [0.1, 0.15) is 35.9 Å². The summed E-state index contributed by atoms with van der Waals surface area (Å²) in [5.41, 5.74) is 1.61. The normalized spacial score (nSPS) is 11.4. The first-order valence-electron chi connectivity index (χ1n) is 10.9. The number of carbonyl (C=O) groups is 1. The Balaban J connectivity index is 1.46. The summed E-state index contributed by atoms with van der Waals surface area (Å²) in [7, 11) is 0. The van der Waals surface area contributed by atoms with E-state index in [1.54, 1.807) is 60.8 Å². The first kappa shape index (κ1) is 21.3. The molecule has 0 radical (unpaired) electrons. The van der Waals surface area contributed by atoms with Crippen LogP contribution in [0.15, 0.2) is 82.5 Å². The maximum Gasteiger partial charge on any atom is 0.350 e. The Morgan fingerprint density at radius 3 is 2.47 bits per heavy atom. The molecule has 0 bridgehead atoms. The second kappa shape index (κ2) is 8.43. The van der Waals surface area contributed by atoms with Crippen LogP contribution in [0.5, 0.6) is 0 Å². The van der Waals surface area contributed by atoms with Gasteiger partial charge in [-0.1, -0.05) is 36.4 Å². The van der Waals surface area contributed by atoms with Gasteiger partial charge in [-0.05, 0) is 49.7 Å². The number of benzene rings is 2. The highest BCUT2D eigenvalue weighted by atomic mass is 16.2. The molecule has 3 heterocycles. The number of fused-ring (bicyclic) bond motifs is 2. The Hall–Kier alpha value is -4.53. The van der Waals surface area contributed by atoms with Crippen LogP contribution in [0.4, 0.5) is 5.69 Å². The van der Waals surface area contributed by atoms with Crippen LogP contribution in [-0.4, -0.2) is 29.9 Å². The quantitative estimate of drug-likeness (QED) is 0.440. The van der Waals surface area contributed by atoms with Gasteiger partial charge in [-0.15, -0.1) is 5.10 Å². The van der Waals surface area contributed by atoms with Gasteiger partial charge in [-0.2, -0.15) is 5.10 Å². The molecule has 2 aromatic carbocycles. The zero-order valence-electron chi connectivity index (χ0n) is 18.7. The van der Waals surface area contributed by atoms with Crippen molar-refractivity contribution < 1.29 is 4.79 Å². The molecular formula is C25H22N6O3. The number of hydrogen-bond donors (Lipinski definition) is 1. The molecule has 0 aliphatic rings. The Kier molecular flexibility index (Phi) is 5.29. The number of anilines is 1. The number of rotatable bonds is 5. The molecule has 5 rings (SSSR count). The third-order valence-corrected chi connectivity index (χ3v) is 5.54. The van der Waals surface area contributed by atoms with E-state index in [9.17, 15) is 14.4 Å². The zero-order valence-corrected chi connectivity index (χ0v) is 18.7. The first-order chi connectivity index (χ1) is 16.4. The van der Waals surface area contributed by atoms with Crippen LogP contribution in [0.2, 0.25) is 0 Å². The van der Waals surface area contributed by atoms with Crippen molar-refractivity contribution in [1.82, 2.24) is 24.0 Å². The predicted molar refractivity (Wildman–Crippen MR) is 129 cm³/mol. The highest BCUT2D eigenvalue weighted by Crippen LogP contribution is 2.18. The lowest BCUT2D eigenvalue weighted by Gasteiger charge is -2.13.